The van der Waals surface area contributed by atoms with Crippen LogP contribution in [0.4, 0.5) is 14.9 Å². The highest BCUT2D eigenvalue weighted by molar-refractivity contribution is 7.88. The van der Waals surface area contributed by atoms with Crippen LogP contribution >= 0.6 is 0 Å². The summed E-state index contributed by atoms with van der Waals surface area (Å²) in [5.41, 5.74) is 1.83. The fraction of sp³-hybridized carbons (Fsp3) is 0.300. The first-order valence-corrected chi connectivity index (χ1v) is 10.9. The van der Waals surface area contributed by atoms with Gasteiger partial charge in [-0.05, 0) is 36.4 Å². The maximum absolute atomic E-state index is 14.8. The van der Waals surface area contributed by atoms with Crippen molar-refractivity contribution in [3.8, 4) is 11.1 Å². The first kappa shape index (κ1) is 21.7. The molecule has 2 amide bonds. The van der Waals surface area contributed by atoms with E-state index in [1.165, 1.54) is 24.9 Å². The van der Waals surface area contributed by atoms with Gasteiger partial charge < -0.3 is 10.1 Å². The second-order valence-corrected chi connectivity index (χ2v) is 8.80. The molecule has 8 nitrogen and oxygen atoms in total. The van der Waals surface area contributed by atoms with Crippen molar-refractivity contribution < 1.29 is 27.1 Å². The van der Waals surface area contributed by atoms with Gasteiger partial charge >= 0.3 is 6.09 Å². The molecule has 0 bridgehead atoms. The third-order valence-electron chi connectivity index (χ3n) is 4.65. The third kappa shape index (κ3) is 5.14. The average Bonchev–Trinajstić information content (AvgIpc) is 3.07. The Balaban J connectivity index is 1.74. The summed E-state index contributed by atoms with van der Waals surface area (Å²) < 4.78 is 45.5. The van der Waals surface area contributed by atoms with Crippen molar-refractivity contribution in [1.82, 2.24) is 10.0 Å². The SMILES string of the molecule is CNS(=O)(=O)Cc1ccc(-c2ccc(N3CC(CNC(C)=O)OC3=O)cc2F)cc1. The van der Waals surface area contributed by atoms with E-state index in [-0.39, 0.29) is 24.7 Å². The number of carbonyl (C=O) groups is 2. The fourth-order valence-electron chi connectivity index (χ4n) is 3.07. The Kier molecular flexibility index (Phi) is 6.37. The van der Waals surface area contributed by atoms with Gasteiger partial charge in [0.2, 0.25) is 15.9 Å². The average molecular weight is 435 g/mol. The maximum Gasteiger partial charge on any atom is 0.414 e. The number of hydrogen-bond donors (Lipinski definition) is 2. The van der Waals surface area contributed by atoms with Crippen LogP contribution in [0.15, 0.2) is 42.5 Å². The van der Waals surface area contributed by atoms with Gasteiger partial charge in [0.15, 0.2) is 0 Å². The van der Waals surface area contributed by atoms with Crippen molar-refractivity contribution in [3.05, 3.63) is 53.8 Å². The maximum atomic E-state index is 14.8. The molecule has 30 heavy (non-hydrogen) atoms. The van der Waals surface area contributed by atoms with Gasteiger partial charge in [-0.1, -0.05) is 24.3 Å². The Bertz CT molecular complexity index is 1060. The number of halogens is 1. The molecule has 0 spiro atoms. The zero-order valence-corrected chi connectivity index (χ0v) is 17.3. The van der Waals surface area contributed by atoms with Crippen molar-refractivity contribution in [2.45, 2.75) is 18.8 Å². The summed E-state index contributed by atoms with van der Waals surface area (Å²) in [4.78, 5) is 24.4. The Labute approximate surface area is 174 Å². The first-order chi connectivity index (χ1) is 14.2. The van der Waals surface area contributed by atoms with Crippen LogP contribution in [-0.2, 0) is 25.3 Å². The number of sulfonamides is 1. The summed E-state index contributed by atoms with van der Waals surface area (Å²) in [7, 11) is -2.04. The predicted octanol–water partition coefficient (Wildman–Crippen LogP) is 2.00. The molecule has 1 aliphatic heterocycles. The van der Waals surface area contributed by atoms with Gasteiger partial charge in [-0.15, -0.1) is 0 Å². The summed E-state index contributed by atoms with van der Waals surface area (Å²) in [6.45, 7) is 1.76. The lowest BCUT2D eigenvalue weighted by atomic mass is 10.0. The van der Waals surface area contributed by atoms with Crippen molar-refractivity contribution >= 4 is 27.7 Å². The van der Waals surface area contributed by atoms with E-state index < -0.39 is 28.0 Å². The second-order valence-electron chi connectivity index (χ2n) is 6.88. The van der Waals surface area contributed by atoms with E-state index in [1.54, 1.807) is 36.4 Å². The van der Waals surface area contributed by atoms with E-state index in [9.17, 15) is 22.4 Å². The van der Waals surface area contributed by atoms with Crippen LogP contribution in [-0.4, -0.2) is 46.7 Å². The number of rotatable bonds is 7. The van der Waals surface area contributed by atoms with E-state index in [1.807, 2.05) is 0 Å². The molecule has 1 saturated heterocycles. The smallest absolute Gasteiger partial charge is 0.414 e. The molecular weight excluding hydrogens is 413 g/mol. The van der Waals surface area contributed by atoms with E-state index in [4.69, 9.17) is 4.74 Å². The number of anilines is 1. The fourth-order valence-corrected chi connectivity index (χ4v) is 3.85. The zero-order valence-electron chi connectivity index (χ0n) is 16.5. The van der Waals surface area contributed by atoms with Crippen LogP contribution in [0, 0.1) is 5.82 Å². The molecular formula is C20H22FN3O5S. The summed E-state index contributed by atoms with van der Waals surface area (Å²) in [5, 5.41) is 2.59. The van der Waals surface area contributed by atoms with E-state index in [0.29, 0.717) is 22.4 Å². The molecule has 160 valence electrons. The minimum Gasteiger partial charge on any atom is -0.442 e. The molecule has 0 radical (unpaired) electrons. The first-order valence-electron chi connectivity index (χ1n) is 9.21. The number of cyclic esters (lactones) is 1. The molecule has 0 saturated carbocycles. The molecule has 1 fully saturated rings. The molecule has 1 atom stereocenters. The van der Waals surface area contributed by atoms with Gasteiger partial charge in [-0.2, -0.15) is 0 Å². The van der Waals surface area contributed by atoms with E-state index >= 15 is 0 Å². The molecule has 10 heteroatoms. The van der Waals surface area contributed by atoms with Gasteiger partial charge in [-0.3, -0.25) is 9.69 Å². The lowest BCUT2D eigenvalue weighted by molar-refractivity contribution is -0.119. The summed E-state index contributed by atoms with van der Waals surface area (Å²) in [5.74, 6) is -0.919. The molecule has 2 aromatic carbocycles. The number of ether oxygens (including phenoxy) is 1. The number of nitrogens with zero attached hydrogens (tertiary/aromatic N) is 1. The third-order valence-corrected chi connectivity index (χ3v) is 5.99. The van der Waals surface area contributed by atoms with E-state index in [2.05, 4.69) is 10.0 Å². The Morgan fingerprint density at radius 1 is 1.23 bits per heavy atom. The van der Waals surface area contributed by atoms with Gasteiger partial charge in [-0.25, -0.2) is 22.3 Å². The second kappa shape index (κ2) is 8.80. The number of hydrogen-bond acceptors (Lipinski definition) is 5. The van der Waals surface area contributed by atoms with Crippen LogP contribution < -0.4 is 14.9 Å². The van der Waals surface area contributed by atoms with Crippen molar-refractivity contribution in [2.75, 3.05) is 25.0 Å². The summed E-state index contributed by atoms with van der Waals surface area (Å²) in [6, 6.07) is 11.0. The Morgan fingerprint density at radius 2 is 1.93 bits per heavy atom. The molecule has 2 N–H and O–H groups in total. The largest absolute Gasteiger partial charge is 0.442 e. The van der Waals surface area contributed by atoms with Crippen LogP contribution in [0.5, 0.6) is 0 Å². The standard InChI is InChI=1S/C20H22FN3O5S/c1-13(25)23-10-17-11-24(20(26)29-17)16-7-8-18(19(21)9-16)15-5-3-14(4-6-15)12-30(27,28)22-2/h3-9,17,22H,10-12H2,1-2H3,(H,23,25). The lowest BCUT2D eigenvalue weighted by Gasteiger charge is -2.14. The van der Waals surface area contributed by atoms with Crippen molar-refractivity contribution in [2.24, 2.45) is 0 Å². The van der Waals surface area contributed by atoms with Gasteiger partial charge in [0, 0.05) is 12.5 Å². The molecule has 0 aromatic heterocycles. The number of carbonyl (C=O) groups excluding carboxylic acids is 2. The summed E-state index contributed by atoms with van der Waals surface area (Å²) >= 11 is 0. The quantitative estimate of drug-likeness (QED) is 0.692. The minimum atomic E-state index is -3.39. The highest BCUT2D eigenvalue weighted by Crippen LogP contribution is 2.29. The normalized spacial score (nSPS) is 16.4. The van der Waals surface area contributed by atoms with Crippen LogP contribution in [0.1, 0.15) is 12.5 Å². The topological polar surface area (TPSA) is 105 Å². The van der Waals surface area contributed by atoms with E-state index in [0.717, 1.165) is 0 Å². The lowest BCUT2D eigenvalue weighted by Crippen LogP contribution is -2.33. The summed E-state index contributed by atoms with van der Waals surface area (Å²) in [6.07, 6.45) is -1.11. The number of amides is 2. The number of benzene rings is 2. The molecule has 2 aromatic rings. The van der Waals surface area contributed by atoms with Crippen molar-refractivity contribution in [3.63, 3.8) is 0 Å². The Morgan fingerprint density at radius 3 is 2.53 bits per heavy atom. The Hall–Kier alpha value is -2.98. The molecule has 3 rings (SSSR count). The zero-order chi connectivity index (χ0) is 21.9. The molecule has 0 aliphatic carbocycles. The highest BCUT2D eigenvalue weighted by Gasteiger charge is 2.32. The van der Waals surface area contributed by atoms with Gasteiger partial charge in [0.25, 0.3) is 0 Å². The van der Waals surface area contributed by atoms with Gasteiger partial charge in [0.05, 0.1) is 24.5 Å². The number of nitrogens with one attached hydrogen (secondary N) is 2. The van der Waals surface area contributed by atoms with Gasteiger partial charge in [0.1, 0.15) is 11.9 Å². The van der Waals surface area contributed by atoms with Crippen LogP contribution in [0.3, 0.4) is 0 Å². The molecule has 1 unspecified atom stereocenters. The molecule has 1 aliphatic rings. The monoisotopic (exact) mass is 435 g/mol. The van der Waals surface area contributed by atoms with Crippen LogP contribution in [0.2, 0.25) is 0 Å². The highest BCUT2D eigenvalue weighted by atomic mass is 32.2. The van der Waals surface area contributed by atoms with Crippen molar-refractivity contribution in [1.29, 1.82) is 0 Å². The van der Waals surface area contributed by atoms with Crippen LogP contribution in [0.25, 0.3) is 11.1 Å². The molecule has 1 heterocycles. The predicted molar refractivity (Wildman–Crippen MR) is 110 cm³/mol. The minimum absolute atomic E-state index is 0.165.